The second-order valence-corrected chi connectivity index (χ2v) is 4.17. The number of rotatable bonds is 1. The van der Waals surface area contributed by atoms with Crippen LogP contribution in [0.25, 0.3) is 0 Å². The Morgan fingerprint density at radius 1 is 1.00 bits per heavy atom. The quantitative estimate of drug-likeness (QED) is 0.803. The van der Waals surface area contributed by atoms with Gasteiger partial charge in [0.05, 0.1) is 5.69 Å². The van der Waals surface area contributed by atoms with Crippen molar-refractivity contribution in [3.63, 3.8) is 0 Å². The van der Waals surface area contributed by atoms with E-state index in [9.17, 15) is 8.42 Å². The fraction of sp³-hybridized carbons (Fsp3) is 0.0769. The first kappa shape index (κ1) is 13.9. The van der Waals surface area contributed by atoms with E-state index in [0.717, 1.165) is 0 Å². The van der Waals surface area contributed by atoms with E-state index in [1.165, 1.54) is 11.6 Å². The van der Waals surface area contributed by atoms with Crippen molar-refractivity contribution in [1.82, 2.24) is 0 Å². The predicted octanol–water partition coefficient (Wildman–Crippen LogP) is 2.96. The zero-order valence-electron chi connectivity index (χ0n) is 9.95. The van der Waals surface area contributed by atoms with E-state index in [-0.39, 0.29) is 0 Å². The van der Waals surface area contributed by atoms with E-state index in [1.807, 2.05) is 18.2 Å². The molecule has 2 aromatic rings. The summed E-state index contributed by atoms with van der Waals surface area (Å²) in [6.45, 7) is 2.08. The molecule has 4 nitrogen and oxygen atoms in total. The minimum atomic E-state index is -2.41. The van der Waals surface area contributed by atoms with Crippen LogP contribution >= 0.6 is 0 Å². The van der Waals surface area contributed by atoms with Crippen LogP contribution in [0.4, 0.5) is 11.4 Å². The maximum atomic E-state index is 10.1. The van der Waals surface area contributed by atoms with Gasteiger partial charge in [0.25, 0.3) is 0 Å². The largest absolute Gasteiger partial charge is 0.399 e. The van der Waals surface area contributed by atoms with E-state index in [2.05, 4.69) is 23.4 Å². The summed E-state index contributed by atoms with van der Waals surface area (Å²) in [5.41, 5.74) is 7.54. The van der Waals surface area contributed by atoms with Crippen LogP contribution < -0.4 is 5.73 Å². The van der Waals surface area contributed by atoms with Gasteiger partial charge in [-0.05, 0) is 25.1 Å². The van der Waals surface area contributed by atoms with Crippen LogP contribution in [-0.2, 0) is 10.5 Å². The molecule has 0 bridgehead atoms. The van der Waals surface area contributed by atoms with Gasteiger partial charge in [0.2, 0.25) is 0 Å². The first-order valence-electron chi connectivity index (χ1n) is 5.26. The topological polar surface area (TPSA) is 72.5 Å². The lowest BCUT2D eigenvalue weighted by molar-refractivity contribution is 0.622. The van der Waals surface area contributed by atoms with Gasteiger partial charge in [-0.25, -0.2) is 0 Å². The molecule has 2 aromatic carbocycles. The van der Waals surface area contributed by atoms with Crippen molar-refractivity contribution in [1.29, 1.82) is 0 Å². The minimum absolute atomic E-state index is 0.346. The van der Waals surface area contributed by atoms with Crippen LogP contribution in [0, 0.1) is 6.92 Å². The molecule has 0 aromatic heterocycles. The van der Waals surface area contributed by atoms with E-state index < -0.39 is 10.5 Å². The van der Waals surface area contributed by atoms with Gasteiger partial charge in [-0.1, -0.05) is 42.0 Å². The lowest BCUT2D eigenvalue weighted by atomic mass is 10.2. The number of benzene rings is 2. The lowest BCUT2D eigenvalue weighted by Gasteiger charge is -1.90. The molecule has 5 heteroatoms. The fourth-order valence-corrected chi connectivity index (χ4v) is 1.49. The van der Waals surface area contributed by atoms with Gasteiger partial charge in [0.15, 0.2) is 0 Å². The van der Waals surface area contributed by atoms with Gasteiger partial charge in [-0.3, -0.25) is 0 Å². The van der Waals surface area contributed by atoms with Crippen molar-refractivity contribution in [2.45, 2.75) is 6.92 Å². The summed E-state index contributed by atoms with van der Waals surface area (Å²) in [5.74, 6) is 0. The summed E-state index contributed by atoms with van der Waals surface area (Å²) >= 11 is 0. The molecule has 0 aliphatic carbocycles. The van der Waals surface area contributed by atoms with Crippen molar-refractivity contribution in [2.24, 2.45) is 4.36 Å². The second-order valence-electron chi connectivity index (χ2n) is 3.56. The number of aryl methyl sites for hydroxylation is 1. The number of anilines is 1. The van der Waals surface area contributed by atoms with Crippen molar-refractivity contribution < 1.29 is 8.42 Å². The molecule has 0 radical (unpaired) electrons. The summed E-state index contributed by atoms with van der Waals surface area (Å²) in [6, 6.07) is 16.6. The first-order chi connectivity index (χ1) is 8.58. The van der Waals surface area contributed by atoms with Crippen LogP contribution in [0.1, 0.15) is 5.56 Å². The molecule has 0 amide bonds. The molecule has 18 heavy (non-hydrogen) atoms. The van der Waals surface area contributed by atoms with Crippen LogP contribution in [0.3, 0.4) is 0 Å². The molecule has 0 heterocycles. The Morgan fingerprint density at radius 3 is 2.11 bits per heavy atom. The fourth-order valence-electron chi connectivity index (χ4n) is 1.20. The number of nitrogen functional groups attached to an aromatic ring is 1. The van der Waals surface area contributed by atoms with Crippen molar-refractivity contribution in [2.75, 3.05) is 5.73 Å². The van der Waals surface area contributed by atoms with Crippen LogP contribution in [0.15, 0.2) is 59.0 Å². The molecular weight excluding hydrogens is 248 g/mol. The highest BCUT2D eigenvalue weighted by Crippen LogP contribution is 2.14. The van der Waals surface area contributed by atoms with E-state index in [4.69, 9.17) is 5.73 Å². The maximum Gasteiger partial charge on any atom is 0.316 e. The number of hydrogen-bond donors (Lipinski definition) is 1. The molecule has 0 atom stereocenters. The predicted molar refractivity (Wildman–Crippen MR) is 73.0 cm³/mol. The molecular formula is C13H14N2O2S. The van der Waals surface area contributed by atoms with E-state index in [1.54, 1.807) is 18.2 Å². The lowest BCUT2D eigenvalue weighted by Crippen LogP contribution is -1.80. The molecule has 2 N–H and O–H groups in total. The molecule has 0 unspecified atom stereocenters. The molecule has 0 fully saturated rings. The third-order valence-electron chi connectivity index (χ3n) is 1.99. The summed E-state index contributed by atoms with van der Waals surface area (Å²) in [5, 5.41) is 0. The minimum Gasteiger partial charge on any atom is -0.399 e. The number of nitrogens with two attached hydrogens (primary N) is 1. The van der Waals surface area contributed by atoms with Crippen molar-refractivity contribution >= 4 is 21.9 Å². The summed E-state index contributed by atoms with van der Waals surface area (Å²) in [7, 11) is -2.41. The third kappa shape index (κ3) is 5.81. The highest BCUT2D eigenvalue weighted by molar-refractivity contribution is 7.61. The second kappa shape index (κ2) is 7.24. The molecule has 0 aliphatic rings. The molecule has 0 spiro atoms. The standard InChI is InChI=1S/C7H8.C6H6N2O2S/c1-7-5-3-2-4-6-7;7-5-2-1-3-6(4-5)8-11(9)10/h2-6H,1H3;1-4H,7H2. The zero-order valence-corrected chi connectivity index (χ0v) is 10.8. The van der Waals surface area contributed by atoms with Crippen molar-refractivity contribution in [3.05, 3.63) is 60.2 Å². The van der Waals surface area contributed by atoms with Crippen molar-refractivity contribution in [3.8, 4) is 0 Å². The average molecular weight is 262 g/mol. The molecule has 0 saturated carbocycles. The zero-order chi connectivity index (χ0) is 13.4. The number of hydrogen-bond acceptors (Lipinski definition) is 4. The Bertz CT molecular complexity index is 614. The Balaban J connectivity index is 0.000000199. The van der Waals surface area contributed by atoms with Crippen LogP contribution in [-0.4, -0.2) is 8.42 Å². The summed E-state index contributed by atoms with van der Waals surface area (Å²) in [4.78, 5) is 0. The Labute approximate surface area is 108 Å². The normalized spacial score (nSPS) is 8.94. The van der Waals surface area contributed by atoms with Crippen LogP contribution in [0.2, 0.25) is 0 Å². The maximum absolute atomic E-state index is 10.1. The Kier molecular flexibility index (Phi) is 5.60. The van der Waals surface area contributed by atoms with Gasteiger partial charge in [-0.15, -0.1) is 4.36 Å². The first-order valence-corrected chi connectivity index (χ1v) is 6.29. The summed E-state index contributed by atoms with van der Waals surface area (Å²) in [6.07, 6.45) is 0. The highest BCUT2D eigenvalue weighted by Gasteiger charge is 1.88. The SMILES string of the molecule is Cc1ccccc1.Nc1cccc(N=S(=O)=O)c1. The van der Waals surface area contributed by atoms with E-state index in [0.29, 0.717) is 11.4 Å². The van der Waals surface area contributed by atoms with E-state index >= 15 is 0 Å². The highest BCUT2D eigenvalue weighted by atomic mass is 32.2. The molecule has 94 valence electrons. The number of nitrogens with zero attached hydrogens (tertiary/aromatic N) is 1. The average Bonchev–Trinajstić information content (AvgIpc) is 2.30. The molecule has 2 rings (SSSR count). The van der Waals surface area contributed by atoms with Gasteiger partial charge >= 0.3 is 10.5 Å². The molecule has 0 saturated heterocycles. The Hall–Kier alpha value is -2.14. The van der Waals surface area contributed by atoms with Gasteiger partial charge in [-0.2, -0.15) is 8.42 Å². The monoisotopic (exact) mass is 262 g/mol. The van der Waals surface area contributed by atoms with Gasteiger partial charge in [0.1, 0.15) is 0 Å². The third-order valence-corrected chi connectivity index (χ3v) is 2.35. The Morgan fingerprint density at radius 2 is 1.67 bits per heavy atom. The van der Waals surface area contributed by atoms with Gasteiger partial charge in [0, 0.05) is 5.69 Å². The summed E-state index contributed by atoms with van der Waals surface area (Å²) < 4.78 is 23.4. The van der Waals surface area contributed by atoms with Gasteiger partial charge < -0.3 is 5.73 Å². The smallest absolute Gasteiger partial charge is 0.316 e. The van der Waals surface area contributed by atoms with Crippen LogP contribution in [0.5, 0.6) is 0 Å². The molecule has 0 aliphatic heterocycles.